The Labute approximate surface area is 121 Å². The number of rotatable bonds is 5. The third-order valence-corrected chi connectivity index (χ3v) is 4.77. The van der Waals surface area contributed by atoms with Crippen LogP contribution in [0.25, 0.3) is 0 Å². The fourth-order valence-electron chi connectivity index (χ4n) is 2.03. The van der Waals surface area contributed by atoms with Crippen molar-refractivity contribution in [2.24, 2.45) is 0 Å². The highest BCUT2D eigenvalue weighted by atomic mass is 32.2. The van der Waals surface area contributed by atoms with Crippen LogP contribution < -0.4 is 0 Å². The van der Waals surface area contributed by atoms with Crippen LogP contribution in [0.5, 0.6) is 0 Å². The Morgan fingerprint density at radius 1 is 1.40 bits per heavy atom. The third-order valence-electron chi connectivity index (χ3n) is 3.17. The molecule has 110 valence electrons. The molecule has 1 fully saturated rings. The van der Waals surface area contributed by atoms with Gasteiger partial charge in [0.05, 0.1) is 22.5 Å². The molecule has 4 nitrogen and oxygen atoms in total. The molecule has 0 saturated carbocycles. The van der Waals surface area contributed by atoms with Gasteiger partial charge in [0.15, 0.2) is 0 Å². The Morgan fingerprint density at radius 3 is 2.65 bits per heavy atom. The van der Waals surface area contributed by atoms with E-state index in [0.717, 1.165) is 24.3 Å². The molecule has 1 aliphatic rings. The lowest BCUT2D eigenvalue weighted by atomic mass is 10.2. The van der Waals surface area contributed by atoms with Gasteiger partial charge in [-0.25, -0.2) is 4.79 Å². The first-order valence-corrected chi connectivity index (χ1v) is 8.08. The summed E-state index contributed by atoms with van der Waals surface area (Å²) in [5.74, 6) is -0.359. The molecule has 5 heteroatoms. The Kier molecular flexibility index (Phi) is 5.31. The summed E-state index contributed by atoms with van der Waals surface area (Å²) in [5.41, 5.74) is 0.479. The molecule has 20 heavy (non-hydrogen) atoms. The van der Waals surface area contributed by atoms with Crippen LogP contribution in [0.1, 0.15) is 37.0 Å². The van der Waals surface area contributed by atoms with Crippen molar-refractivity contribution in [3.05, 3.63) is 29.8 Å². The molecule has 0 amide bonds. The Morgan fingerprint density at radius 2 is 2.10 bits per heavy atom. The van der Waals surface area contributed by atoms with Crippen LogP contribution in [0.4, 0.5) is 0 Å². The van der Waals surface area contributed by atoms with E-state index in [4.69, 9.17) is 9.47 Å². The lowest BCUT2D eigenvalue weighted by Crippen LogP contribution is -2.17. The van der Waals surface area contributed by atoms with Crippen molar-refractivity contribution < 1.29 is 18.5 Å². The number of hydrogen-bond donors (Lipinski definition) is 0. The summed E-state index contributed by atoms with van der Waals surface area (Å²) >= 11 is 0. The minimum absolute atomic E-state index is 0.0340. The van der Waals surface area contributed by atoms with E-state index >= 15 is 0 Å². The Bertz CT molecular complexity index is 475. The van der Waals surface area contributed by atoms with Crippen molar-refractivity contribution in [2.75, 3.05) is 13.2 Å². The van der Waals surface area contributed by atoms with Crippen molar-refractivity contribution in [1.29, 1.82) is 0 Å². The first-order valence-electron chi connectivity index (χ1n) is 6.87. The number of esters is 1. The molecule has 0 N–H and O–H groups in total. The van der Waals surface area contributed by atoms with E-state index in [9.17, 15) is 9.00 Å². The van der Waals surface area contributed by atoms with Gasteiger partial charge in [0.25, 0.3) is 0 Å². The molecule has 2 rings (SSSR count). The molecule has 1 heterocycles. The average molecular weight is 296 g/mol. The molecule has 1 aliphatic heterocycles. The van der Waals surface area contributed by atoms with Crippen molar-refractivity contribution in [3.63, 3.8) is 0 Å². The highest BCUT2D eigenvalue weighted by Crippen LogP contribution is 2.15. The largest absolute Gasteiger partial charge is 0.459 e. The SMILES string of the molecule is CC(C)[S@](=O)c1ccc(C(=O)OC[C@@H]2CCCO2)cc1. The summed E-state index contributed by atoms with van der Waals surface area (Å²) in [4.78, 5) is 12.6. The summed E-state index contributed by atoms with van der Waals surface area (Å²) in [6, 6.07) is 6.76. The quantitative estimate of drug-likeness (QED) is 0.784. The van der Waals surface area contributed by atoms with Gasteiger partial charge in [-0.2, -0.15) is 0 Å². The highest BCUT2D eigenvalue weighted by molar-refractivity contribution is 7.85. The van der Waals surface area contributed by atoms with E-state index in [1.54, 1.807) is 24.3 Å². The fraction of sp³-hybridized carbons (Fsp3) is 0.533. The van der Waals surface area contributed by atoms with E-state index in [-0.39, 0.29) is 17.3 Å². The zero-order chi connectivity index (χ0) is 14.5. The van der Waals surface area contributed by atoms with E-state index in [0.29, 0.717) is 12.2 Å². The van der Waals surface area contributed by atoms with Crippen molar-refractivity contribution in [2.45, 2.75) is 42.9 Å². The lowest BCUT2D eigenvalue weighted by Gasteiger charge is -2.10. The summed E-state index contributed by atoms with van der Waals surface area (Å²) < 4.78 is 22.5. The van der Waals surface area contributed by atoms with E-state index in [1.165, 1.54) is 0 Å². The zero-order valence-corrected chi connectivity index (χ0v) is 12.7. The maximum absolute atomic E-state index is 11.9. The third kappa shape index (κ3) is 3.90. The Hall–Kier alpha value is -1.20. The first kappa shape index (κ1) is 15.2. The monoisotopic (exact) mass is 296 g/mol. The van der Waals surface area contributed by atoms with Gasteiger partial charge in [-0.3, -0.25) is 4.21 Å². The van der Waals surface area contributed by atoms with Gasteiger partial charge >= 0.3 is 5.97 Å². The van der Waals surface area contributed by atoms with Crippen molar-refractivity contribution in [1.82, 2.24) is 0 Å². The minimum Gasteiger partial charge on any atom is -0.459 e. The van der Waals surface area contributed by atoms with Gasteiger partial charge in [0, 0.05) is 16.8 Å². The molecular weight excluding hydrogens is 276 g/mol. The molecule has 0 bridgehead atoms. The second-order valence-corrected chi connectivity index (χ2v) is 7.11. The molecule has 0 aromatic heterocycles. The normalized spacial score (nSPS) is 20.1. The lowest BCUT2D eigenvalue weighted by molar-refractivity contribution is 0.0161. The van der Waals surface area contributed by atoms with E-state index in [2.05, 4.69) is 0 Å². The predicted octanol–water partition coefficient (Wildman–Crippen LogP) is 2.54. The van der Waals surface area contributed by atoms with Crippen LogP contribution in [0.15, 0.2) is 29.2 Å². The summed E-state index contributed by atoms with van der Waals surface area (Å²) in [6.45, 7) is 4.86. The number of benzene rings is 1. The van der Waals surface area contributed by atoms with Gasteiger partial charge < -0.3 is 9.47 Å². The summed E-state index contributed by atoms with van der Waals surface area (Å²) in [6.07, 6.45) is 2.00. The van der Waals surface area contributed by atoms with Crippen LogP contribution in [0.3, 0.4) is 0 Å². The molecule has 0 radical (unpaired) electrons. The van der Waals surface area contributed by atoms with Gasteiger partial charge in [-0.15, -0.1) is 0 Å². The van der Waals surface area contributed by atoms with Crippen molar-refractivity contribution >= 4 is 16.8 Å². The summed E-state index contributed by atoms with van der Waals surface area (Å²) in [5, 5.41) is 0.0623. The van der Waals surface area contributed by atoms with Crippen LogP contribution in [0.2, 0.25) is 0 Å². The smallest absolute Gasteiger partial charge is 0.338 e. The van der Waals surface area contributed by atoms with Crippen LogP contribution >= 0.6 is 0 Å². The topological polar surface area (TPSA) is 52.6 Å². The van der Waals surface area contributed by atoms with Gasteiger partial charge in [0.1, 0.15) is 6.61 Å². The molecule has 1 saturated heterocycles. The minimum atomic E-state index is -1.03. The number of carbonyl (C=O) groups excluding carboxylic acids is 1. The molecule has 2 atom stereocenters. The first-order chi connectivity index (χ1) is 9.58. The molecule has 1 aromatic carbocycles. The second-order valence-electron chi connectivity index (χ2n) is 5.10. The number of carbonyl (C=O) groups is 1. The second kappa shape index (κ2) is 6.99. The molecule has 0 unspecified atom stereocenters. The van der Waals surface area contributed by atoms with E-state index < -0.39 is 10.8 Å². The standard InChI is InChI=1S/C15H20O4S/c1-11(2)20(17)14-7-5-12(6-8-14)15(16)19-10-13-4-3-9-18-13/h5-8,11,13H,3-4,9-10H2,1-2H3/t13-,20-/m0/s1. The van der Waals surface area contributed by atoms with Crippen LogP contribution in [-0.2, 0) is 20.3 Å². The van der Waals surface area contributed by atoms with Crippen LogP contribution in [-0.4, -0.2) is 34.7 Å². The van der Waals surface area contributed by atoms with Gasteiger partial charge in [0.2, 0.25) is 0 Å². The Balaban J connectivity index is 1.91. The maximum atomic E-state index is 11.9. The van der Waals surface area contributed by atoms with Gasteiger partial charge in [-0.05, 0) is 37.1 Å². The van der Waals surface area contributed by atoms with Gasteiger partial charge in [-0.1, -0.05) is 13.8 Å². The maximum Gasteiger partial charge on any atom is 0.338 e. The average Bonchev–Trinajstić information content (AvgIpc) is 2.97. The highest BCUT2D eigenvalue weighted by Gasteiger charge is 2.18. The number of ether oxygens (including phenoxy) is 2. The fourth-order valence-corrected chi connectivity index (χ4v) is 2.97. The molecular formula is C15H20O4S. The van der Waals surface area contributed by atoms with Crippen LogP contribution in [0, 0.1) is 0 Å². The number of hydrogen-bond acceptors (Lipinski definition) is 4. The van der Waals surface area contributed by atoms with E-state index in [1.807, 2.05) is 13.8 Å². The zero-order valence-electron chi connectivity index (χ0n) is 11.8. The van der Waals surface area contributed by atoms with Crippen molar-refractivity contribution in [3.8, 4) is 0 Å². The predicted molar refractivity (Wildman–Crippen MR) is 77.2 cm³/mol. The molecule has 1 aromatic rings. The summed E-state index contributed by atoms with van der Waals surface area (Å²) in [7, 11) is -1.03. The molecule has 0 aliphatic carbocycles. The molecule has 0 spiro atoms.